The molecule has 2 aromatic carbocycles. The zero-order valence-electron chi connectivity index (χ0n) is 10.4. The minimum absolute atomic E-state index is 0.0791. The van der Waals surface area contributed by atoms with Crippen LogP contribution in [-0.4, -0.2) is 5.91 Å². The Morgan fingerprint density at radius 2 is 1.74 bits per heavy atom. The van der Waals surface area contributed by atoms with Gasteiger partial charge in [-0.15, -0.1) is 0 Å². The minimum Gasteiger partial charge on any atom is -0.326 e. The van der Waals surface area contributed by atoms with Crippen molar-refractivity contribution in [3.8, 4) is 0 Å². The summed E-state index contributed by atoms with van der Waals surface area (Å²) in [6.07, 6.45) is 0. The van der Waals surface area contributed by atoms with E-state index in [1.165, 1.54) is 0 Å². The number of nitrogens with one attached hydrogen (secondary N) is 1. The summed E-state index contributed by atoms with van der Waals surface area (Å²) < 4.78 is 0. The molecule has 19 heavy (non-hydrogen) atoms. The molecule has 0 aromatic heterocycles. The highest BCUT2D eigenvalue weighted by Gasteiger charge is 2.15. The molecule has 1 amide bonds. The van der Waals surface area contributed by atoms with Crippen molar-refractivity contribution in [2.45, 2.75) is 12.8 Å². The molecule has 2 nitrogen and oxygen atoms in total. The maximum atomic E-state index is 12.1. The molecular formula is C15H13Cl2NO. The summed E-state index contributed by atoms with van der Waals surface area (Å²) in [6.45, 7) is 1.85. The van der Waals surface area contributed by atoms with Crippen LogP contribution in [0.5, 0.6) is 0 Å². The highest BCUT2D eigenvalue weighted by Crippen LogP contribution is 2.21. The van der Waals surface area contributed by atoms with Crippen molar-refractivity contribution in [3.63, 3.8) is 0 Å². The summed E-state index contributed by atoms with van der Waals surface area (Å²) in [4.78, 5) is 12.1. The molecule has 0 saturated heterocycles. The lowest BCUT2D eigenvalue weighted by Crippen LogP contribution is -2.18. The van der Waals surface area contributed by atoms with Crippen LogP contribution in [0.3, 0.4) is 0 Å². The average molecular weight is 294 g/mol. The number of carbonyl (C=O) groups excluding carboxylic acids is 1. The Balaban J connectivity index is 2.09. The molecule has 0 fully saturated rings. The topological polar surface area (TPSA) is 29.1 Å². The summed E-state index contributed by atoms with van der Waals surface area (Å²) in [5.74, 6) is -0.333. The molecule has 0 spiro atoms. The normalized spacial score (nSPS) is 11.9. The van der Waals surface area contributed by atoms with E-state index in [4.69, 9.17) is 23.2 Å². The molecule has 1 atom stereocenters. The van der Waals surface area contributed by atoms with Crippen LogP contribution < -0.4 is 5.32 Å². The Bertz CT molecular complexity index is 581. The van der Waals surface area contributed by atoms with E-state index >= 15 is 0 Å². The van der Waals surface area contributed by atoms with Crippen LogP contribution in [0.2, 0.25) is 10.0 Å². The molecule has 0 heterocycles. The van der Waals surface area contributed by atoms with Gasteiger partial charge >= 0.3 is 0 Å². The number of carbonyl (C=O) groups is 1. The fourth-order valence-electron chi connectivity index (χ4n) is 1.72. The van der Waals surface area contributed by atoms with Gasteiger partial charge in [0.15, 0.2) is 0 Å². The largest absolute Gasteiger partial charge is 0.326 e. The summed E-state index contributed by atoms with van der Waals surface area (Å²) in [5, 5.41) is 4.09. The molecule has 0 aliphatic carbocycles. The maximum Gasteiger partial charge on any atom is 0.231 e. The van der Waals surface area contributed by atoms with Crippen LogP contribution in [0.15, 0.2) is 48.5 Å². The van der Waals surface area contributed by atoms with Crippen molar-refractivity contribution in [3.05, 3.63) is 64.1 Å². The van der Waals surface area contributed by atoms with E-state index in [1.807, 2.05) is 19.1 Å². The quantitative estimate of drug-likeness (QED) is 0.870. The van der Waals surface area contributed by atoms with E-state index in [0.29, 0.717) is 15.7 Å². The first-order chi connectivity index (χ1) is 9.06. The van der Waals surface area contributed by atoms with E-state index in [1.54, 1.807) is 36.4 Å². The first kappa shape index (κ1) is 13.9. The van der Waals surface area contributed by atoms with Crippen LogP contribution in [0.25, 0.3) is 0 Å². The standard InChI is InChI=1S/C15H13Cl2NO/c1-10(11-5-7-12(16)8-6-11)15(19)18-14-4-2-3-13(17)9-14/h2-10H,1H3,(H,18,19). The highest BCUT2D eigenvalue weighted by molar-refractivity contribution is 6.31. The Morgan fingerprint density at radius 3 is 2.37 bits per heavy atom. The van der Waals surface area contributed by atoms with Gasteiger partial charge in [-0.25, -0.2) is 0 Å². The Kier molecular flexibility index (Phi) is 4.46. The molecule has 0 aliphatic heterocycles. The third kappa shape index (κ3) is 3.72. The lowest BCUT2D eigenvalue weighted by atomic mass is 10.0. The second-order valence-electron chi connectivity index (χ2n) is 4.27. The van der Waals surface area contributed by atoms with Gasteiger partial charge in [0, 0.05) is 15.7 Å². The number of amides is 1. The predicted molar refractivity (Wildman–Crippen MR) is 79.9 cm³/mol. The number of halogens is 2. The monoisotopic (exact) mass is 293 g/mol. The van der Waals surface area contributed by atoms with E-state index in [2.05, 4.69) is 5.32 Å². The van der Waals surface area contributed by atoms with Gasteiger partial charge in [0.25, 0.3) is 0 Å². The number of benzene rings is 2. The maximum absolute atomic E-state index is 12.1. The zero-order chi connectivity index (χ0) is 13.8. The van der Waals surface area contributed by atoms with Crippen LogP contribution >= 0.6 is 23.2 Å². The van der Waals surface area contributed by atoms with Gasteiger partial charge in [0.1, 0.15) is 0 Å². The molecule has 0 bridgehead atoms. The SMILES string of the molecule is CC(C(=O)Nc1cccc(Cl)c1)c1ccc(Cl)cc1. The van der Waals surface area contributed by atoms with Gasteiger partial charge in [-0.2, -0.15) is 0 Å². The second kappa shape index (κ2) is 6.09. The van der Waals surface area contributed by atoms with Gasteiger partial charge in [0.2, 0.25) is 5.91 Å². The number of hydrogen-bond acceptors (Lipinski definition) is 1. The minimum atomic E-state index is -0.253. The Hall–Kier alpha value is -1.51. The van der Waals surface area contributed by atoms with Crippen molar-refractivity contribution in [1.82, 2.24) is 0 Å². The van der Waals surface area contributed by atoms with Gasteiger partial charge in [-0.1, -0.05) is 41.4 Å². The molecular weight excluding hydrogens is 281 g/mol. The van der Waals surface area contributed by atoms with Crippen molar-refractivity contribution < 1.29 is 4.79 Å². The number of rotatable bonds is 3. The summed E-state index contributed by atoms with van der Waals surface area (Å²) in [7, 11) is 0. The van der Waals surface area contributed by atoms with E-state index in [9.17, 15) is 4.79 Å². The highest BCUT2D eigenvalue weighted by atomic mass is 35.5. The van der Waals surface area contributed by atoms with Gasteiger partial charge in [-0.3, -0.25) is 4.79 Å². The van der Waals surface area contributed by atoms with Gasteiger partial charge < -0.3 is 5.32 Å². The fourth-order valence-corrected chi connectivity index (χ4v) is 2.04. The van der Waals surface area contributed by atoms with Gasteiger partial charge in [-0.05, 0) is 42.8 Å². The van der Waals surface area contributed by atoms with Crippen molar-refractivity contribution in [2.24, 2.45) is 0 Å². The smallest absolute Gasteiger partial charge is 0.231 e. The zero-order valence-corrected chi connectivity index (χ0v) is 11.9. The van der Waals surface area contributed by atoms with E-state index in [-0.39, 0.29) is 11.8 Å². The Morgan fingerprint density at radius 1 is 1.05 bits per heavy atom. The lowest BCUT2D eigenvalue weighted by molar-refractivity contribution is -0.117. The molecule has 0 radical (unpaired) electrons. The Labute approximate surface area is 122 Å². The predicted octanol–water partition coefficient (Wildman–Crippen LogP) is 4.74. The molecule has 1 N–H and O–H groups in total. The lowest BCUT2D eigenvalue weighted by Gasteiger charge is -2.12. The third-order valence-electron chi connectivity index (χ3n) is 2.86. The van der Waals surface area contributed by atoms with Crippen LogP contribution in [0.1, 0.15) is 18.4 Å². The van der Waals surface area contributed by atoms with Crippen LogP contribution in [0, 0.1) is 0 Å². The van der Waals surface area contributed by atoms with Gasteiger partial charge in [0.05, 0.1) is 5.92 Å². The number of anilines is 1. The first-order valence-corrected chi connectivity index (χ1v) is 6.64. The average Bonchev–Trinajstić information content (AvgIpc) is 2.39. The van der Waals surface area contributed by atoms with Crippen LogP contribution in [-0.2, 0) is 4.79 Å². The van der Waals surface area contributed by atoms with E-state index in [0.717, 1.165) is 5.56 Å². The molecule has 0 saturated carbocycles. The fraction of sp³-hybridized carbons (Fsp3) is 0.133. The first-order valence-electron chi connectivity index (χ1n) is 5.88. The summed E-state index contributed by atoms with van der Waals surface area (Å²) in [6, 6.07) is 14.3. The van der Waals surface area contributed by atoms with E-state index < -0.39 is 0 Å². The van der Waals surface area contributed by atoms with Crippen molar-refractivity contribution in [2.75, 3.05) is 5.32 Å². The molecule has 4 heteroatoms. The van der Waals surface area contributed by atoms with Crippen molar-refractivity contribution >= 4 is 34.8 Å². The molecule has 1 unspecified atom stereocenters. The second-order valence-corrected chi connectivity index (χ2v) is 5.15. The third-order valence-corrected chi connectivity index (χ3v) is 3.34. The summed E-state index contributed by atoms with van der Waals surface area (Å²) in [5.41, 5.74) is 1.61. The molecule has 2 aromatic rings. The molecule has 2 rings (SSSR count). The summed E-state index contributed by atoms with van der Waals surface area (Å²) >= 11 is 11.7. The molecule has 98 valence electrons. The number of hydrogen-bond donors (Lipinski definition) is 1. The molecule has 0 aliphatic rings. The van der Waals surface area contributed by atoms with Crippen LogP contribution in [0.4, 0.5) is 5.69 Å². The van der Waals surface area contributed by atoms with Crippen molar-refractivity contribution in [1.29, 1.82) is 0 Å².